The quantitative estimate of drug-likeness (QED) is 0.831. The Morgan fingerprint density at radius 1 is 1.35 bits per heavy atom. The smallest absolute Gasteiger partial charge is 0.251 e. The fraction of sp³-hybridized carbons (Fsp3) is 0.562. The predicted molar refractivity (Wildman–Crippen MR) is 84.1 cm³/mol. The number of benzene rings is 1. The van der Waals surface area contributed by atoms with E-state index in [0.717, 1.165) is 17.9 Å². The molecule has 0 bridgehead atoms. The molecule has 1 aliphatic rings. The number of hydrogen-bond acceptors (Lipinski definition) is 3. The van der Waals surface area contributed by atoms with Crippen molar-refractivity contribution >= 4 is 17.3 Å². The van der Waals surface area contributed by atoms with Crippen LogP contribution in [0.1, 0.15) is 49.4 Å². The average molecular weight is 275 g/mol. The lowest BCUT2D eigenvalue weighted by atomic mass is 9.93. The van der Waals surface area contributed by atoms with Gasteiger partial charge in [0.15, 0.2) is 0 Å². The highest BCUT2D eigenvalue weighted by Crippen LogP contribution is 2.31. The molecule has 1 aliphatic carbocycles. The van der Waals surface area contributed by atoms with Crippen LogP contribution < -0.4 is 16.0 Å². The van der Waals surface area contributed by atoms with Gasteiger partial charge in [-0.15, -0.1) is 0 Å². The zero-order valence-corrected chi connectivity index (χ0v) is 12.5. The molecule has 0 heterocycles. The van der Waals surface area contributed by atoms with Crippen molar-refractivity contribution in [1.29, 1.82) is 0 Å². The van der Waals surface area contributed by atoms with Gasteiger partial charge in [-0.2, -0.15) is 0 Å². The van der Waals surface area contributed by atoms with Gasteiger partial charge in [0.1, 0.15) is 0 Å². The van der Waals surface area contributed by atoms with Crippen molar-refractivity contribution in [3.8, 4) is 0 Å². The maximum absolute atomic E-state index is 11.8. The number of anilines is 2. The highest BCUT2D eigenvalue weighted by atomic mass is 16.1. The second-order valence-electron chi connectivity index (χ2n) is 5.43. The van der Waals surface area contributed by atoms with Crippen molar-refractivity contribution in [3.63, 3.8) is 0 Å². The van der Waals surface area contributed by atoms with Gasteiger partial charge in [0.25, 0.3) is 5.91 Å². The number of carbonyl (C=O) groups excluding carboxylic acids is 1. The summed E-state index contributed by atoms with van der Waals surface area (Å²) in [7, 11) is 1.65. The lowest BCUT2D eigenvalue weighted by Crippen LogP contribution is -2.37. The number of nitrogens with one attached hydrogen (secondary N) is 1. The third kappa shape index (κ3) is 3.06. The van der Waals surface area contributed by atoms with E-state index in [9.17, 15) is 4.79 Å². The first kappa shape index (κ1) is 14.7. The Bertz CT molecular complexity index is 467. The number of carbonyl (C=O) groups is 1. The summed E-state index contributed by atoms with van der Waals surface area (Å²) >= 11 is 0. The van der Waals surface area contributed by atoms with Crippen LogP contribution in [-0.2, 0) is 0 Å². The summed E-state index contributed by atoms with van der Waals surface area (Å²) in [4.78, 5) is 14.2. The monoisotopic (exact) mass is 275 g/mol. The first-order valence-corrected chi connectivity index (χ1v) is 7.55. The maximum atomic E-state index is 11.8. The van der Waals surface area contributed by atoms with Crippen molar-refractivity contribution in [1.82, 2.24) is 5.32 Å². The van der Waals surface area contributed by atoms with Gasteiger partial charge >= 0.3 is 0 Å². The van der Waals surface area contributed by atoms with Crippen LogP contribution in [-0.4, -0.2) is 25.5 Å². The highest BCUT2D eigenvalue weighted by Gasteiger charge is 2.22. The van der Waals surface area contributed by atoms with Crippen LogP contribution in [0, 0.1) is 0 Å². The van der Waals surface area contributed by atoms with Gasteiger partial charge in [0.05, 0.1) is 11.4 Å². The summed E-state index contributed by atoms with van der Waals surface area (Å²) in [5.41, 5.74) is 8.57. The fourth-order valence-corrected chi connectivity index (χ4v) is 3.10. The molecule has 2 rings (SSSR count). The van der Waals surface area contributed by atoms with Crippen molar-refractivity contribution < 1.29 is 4.79 Å². The van der Waals surface area contributed by atoms with Crippen LogP contribution in [0.4, 0.5) is 11.4 Å². The lowest BCUT2D eigenvalue weighted by molar-refractivity contribution is 0.0963. The number of amides is 1. The second kappa shape index (κ2) is 6.64. The molecule has 3 N–H and O–H groups in total. The van der Waals surface area contributed by atoms with E-state index in [0.29, 0.717) is 11.6 Å². The normalized spacial score (nSPS) is 15.9. The van der Waals surface area contributed by atoms with E-state index in [-0.39, 0.29) is 5.91 Å². The zero-order valence-electron chi connectivity index (χ0n) is 12.5. The van der Waals surface area contributed by atoms with Crippen LogP contribution in [0.15, 0.2) is 18.2 Å². The molecule has 0 aliphatic heterocycles. The van der Waals surface area contributed by atoms with E-state index < -0.39 is 0 Å². The van der Waals surface area contributed by atoms with Gasteiger partial charge in [-0.05, 0) is 38.0 Å². The molecule has 20 heavy (non-hydrogen) atoms. The van der Waals surface area contributed by atoms with Crippen LogP contribution in [0.3, 0.4) is 0 Å². The molecule has 0 saturated heterocycles. The molecule has 110 valence electrons. The number of rotatable bonds is 4. The van der Waals surface area contributed by atoms with E-state index in [4.69, 9.17) is 5.73 Å². The topological polar surface area (TPSA) is 58.4 Å². The molecule has 1 aromatic carbocycles. The number of hydrogen-bond donors (Lipinski definition) is 2. The Morgan fingerprint density at radius 3 is 2.65 bits per heavy atom. The molecule has 0 atom stereocenters. The molecule has 0 radical (unpaired) electrons. The van der Waals surface area contributed by atoms with E-state index in [1.54, 1.807) is 13.1 Å². The Labute approximate surface area is 121 Å². The fourth-order valence-electron chi connectivity index (χ4n) is 3.10. The molecular weight excluding hydrogens is 250 g/mol. The van der Waals surface area contributed by atoms with Gasteiger partial charge in [-0.3, -0.25) is 4.79 Å². The molecule has 1 fully saturated rings. The summed E-state index contributed by atoms with van der Waals surface area (Å²) in [6, 6.07) is 6.10. The summed E-state index contributed by atoms with van der Waals surface area (Å²) in [5, 5.41) is 2.67. The van der Waals surface area contributed by atoms with Crippen LogP contribution >= 0.6 is 0 Å². The summed E-state index contributed by atoms with van der Waals surface area (Å²) in [6.45, 7) is 3.08. The Kier molecular flexibility index (Phi) is 4.88. The third-order valence-corrected chi connectivity index (χ3v) is 4.19. The van der Waals surface area contributed by atoms with Gasteiger partial charge < -0.3 is 16.0 Å². The van der Waals surface area contributed by atoms with Crippen molar-refractivity contribution in [2.45, 2.75) is 45.1 Å². The summed E-state index contributed by atoms with van der Waals surface area (Å²) < 4.78 is 0. The van der Waals surface area contributed by atoms with Gasteiger partial charge in [0, 0.05) is 25.2 Å². The standard InChI is InChI=1S/C16H25N3O/c1-3-19(13-7-5-4-6-8-13)15-11-12(16(20)18-2)9-10-14(15)17/h9-11,13H,3-8,17H2,1-2H3,(H,18,20). The molecule has 4 heteroatoms. The van der Waals surface area contributed by atoms with Gasteiger partial charge in [0.2, 0.25) is 0 Å². The van der Waals surface area contributed by atoms with Gasteiger partial charge in [-0.25, -0.2) is 0 Å². The van der Waals surface area contributed by atoms with Crippen molar-refractivity contribution in [2.75, 3.05) is 24.2 Å². The molecule has 0 spiro atoms. The molecular formula is C16H25N3O. The van der Waals surface area contributed by atoms with Crippen LogP contribution in [0.2, 0.25) is 0 Å². The highest BCUT2D eigenvalue weighted by molar-refractivity contribution is 5.96. The van der Waals surface area contributed by atoms with Crippen molar-refractivity contribution in [3.05, 3.63) is 23.8 Å². The second-order valence-corrected chi connectivity index (χ2v) is 5.43. The SMILES string of the molecule is CCN(c1cc(C(=O)NC)ccc1N)C1CCCCC1. The minimum Gasteiger partial charge on any atom is -0.397 e. The third-order valence-electron chi connectivity index (χ3n) is 4.19. The molecule has 1 amide bonds. The summed E-state index contributed by atoms with van der Waals surface area (Å²) in [6.07, 6.45) is 6.35. The number of nitrogens with zero attached hydrogens (tertiary/aromatic N) is 1. The lowest BCUT2D eigenvalue weighted by Gasteiger charge is -2.36. The molecule has 0 unspecified atom stereocenters. The molecule has 1 saturated carbocycles. The number of nitrogens with two attached hydrogens (primary N) is 1. The molecule has 1 aromatic rings. The minimum atomic E-state index is -0.0639. The Morgan fingerprint density at radius 2 is 2.05 bits per heavy atom. The van der Waals surface area contributed by atoms with Gasteiger partial charge in [-0.1, -0.05) is 19.3 Å². The zero-order chi connectivity index (χ0) is 14.5. The van der Waals surface area contributed by atoms with E-state index in [1.165, 1.54) is 32.1 Å². The first-order valence-electron chi connectivity index (χ1n) is 7.55. The van der Waals surface area contributed by atoms with E-state index in [2.05, 4.69) is 17.1 Å². The summed E-state index contributed by atoms with van der Waals surface area (Å²) in [5.74, 6) is -0.0639. The predicted octanol–water partition coefficient (Wildman–Crippen LogP) is 2.79. The van der Waals surface area contributed by atoms with Crippen LogP contribution in [0.25, 0.3) is 0 Å². The Balaban J connectivity index is 2.30. The first-order chi connectivity index (χ1) is 9.67. The largest absolute Gasteiger partial charge is 0.397 e. The average Bonchev–Trinajstić information content (AvgIpc) is 2.50. The molecule has 0 aromatic heterocycles. The van der Waals surface area contributed by atoms with Crippen molar-refractivity contribution in [2.24, 2.45) is 0 Å². The van der Waals surface area contributed by atoms with E-state index >= 15 is 0 Å². The number of nitrogen functional groups attached to an aromatic ring is 1. The maximum Gasteiger partial charge on any atom is 0.251 e. The molecule has 4 nitrogen and oxygen atoms in total. The van der Waals surface area contributed by atoms with Crippen LogP contribution in [0.5, 0.6) is 0 Å². The Hall–Kier alpha value is -1.71. The minimum absolute atomic E-state index is 0.0639. The van der Waals surface area contributed by atoms with E-state index in [1.807, 2.05) is 12.1 Å².